The second-order valence-electron chi connectivity index (χ2n) is 5.84. The molecule has 1 aromatic carbocycles. The molecule has 0 heteroatoms. The molecule has 0 aliphatic rings. The van der Waals surface area contributed by atoms with Crippen molar-refractivity contribution in [2.24, 2.45) is 11.8 Å². The fourth-order valence-corrected chi connectivity index (χ4v) is 2.32. The quantitative estimate of drug-likeness (QED) is 0.687. The Hall–Kier alpha value is -0.780. The van der Waals surface area contributed by atoms with Crippen LogP contribution in [0, 0.1) is 25.7 Å². The summed E-state index contributed by atoms with van der Waals surface area (Å²) in [6.45, 7) is 13.7. The van der Waals surface area contributed by atoms with Crippen LogP contribution >= 0.6 is 0 Å². The predicted octanol–water partition coefficient (Wildman–Crippen LogP) is 4.70. The van der Waals surface area contributed by atoms with Crippen LogP contribution < -0.4 is 0 Å². The molecule has 1 rings (SSSR count). The molecule has 0 aliphatic heterocycles. The zero-order valence-electron chi connectivity index (χ0n) is 11.7. The molecule has 0 nitrogen and oxygen atoms in total. The monoisotopic (exact) mass is 218 g/mol. The lowest BCUT2D eigenvalue weighted by molar-refractivity contribution is 0.629. The first-order valence-corrected chi connectivity index (χ1v) is 6.49. The van der Waals surface area contributed by atoms with E-state index in [-0.39, 0.29) is 0 Å². The topological polar surface area (TPSA) is 0 Å². The summed E-state index contributed by atoms with van der Waals surface area (Å²) in [5.41, 5.74) is 6.10. The minimum Gasteiger partial charge on any atom is -0.0625 e. The summed E-state index contributed by atoms with van der Waals surface area (Å²) in [7, 11) is 0. The van der Waals surface area contributed by atoms with Gasteiger partial charge in [0.1, 0.15) is 0 Å². The molecule has 0 N–H and O–H groups in total. The lowest BCUT2D eigenvalue weighted by Gasteiger charge is -2.17. The molecule has 0 heterocycles. The van der Waals surface area contributed by atoms with Gasteiger partial charge in [0, 0.05) is 0 Å². The summed E-state index contributed by atoms with van der Waals surface area (Å²) < 4.78 is 0. The number of rotatable bonds is 4. The Morgan fingerprint density at radius 3 is 1.94 bits per heavy atom. The maximum Gasteiger partial charge on any atom is -0.0250 e. The SMILES string of the molecule is Cc1ccc(CC(C)C)c(C)c1CC(C)C. The lowest BCUT2D eigenvalue weighted by Crippen LogP contribution is -2.05. The Balaban J connectivity index is 3.06. The van der Waals surface area contributed by atoms with E-state index in [0.717, 1.165) is 11.8 Å². The van der Waals surface area contributed by atoms with E-state index in [0.29, 0.717) is 0 Å². The molecule has 16 heavy (non-hydrogen) atoms. The second-order valence-corrected chi connectivity index (χ2v) is 5.84. The largest absolute Gasteiger partial charge is 0.0625 e. The van der Waals surface area contributed by atoms with E-state index in [9.17, 15) is 0 Å². The molecule has 1 aromatic rings. The van der Waals surface area contributed by atoms with Gasteiger partial charge in [-0.05, 0) is 60.8 Å². The lowest BCUT2D eigenvalue weighted by atomic mass is 9.89. The van der Waals surface area contributed by atoms with Gasteiger partial charge in [0.15, 0.2) is 0 Å². The smallest absolute Gasteiger partial charge is 0.0250 e. The van der Waals surface area contributed by atoms with Crippen molar-refractivity contribution in [1.82, 2.24) is 0 Å². The molecule has 0 bridgehead atoms. The summed E-state index contributed by atoms with van der Waals surface area (Å²) in [4.78, 5) is 0. The average Bonchev–Trinajstić information content (AvgIpc) is 2.16. The maximum atomic E-state index is 2.31. The summed E-state index contributed by atoms with van der Waals surface area (Å²) in [5, 5.41) is 0. The molecule has 0 saturated heterocycles. The van der Waals surface area contributed by atoms with Crippen LogP contribution in [0.2, 0.25) is 0 Å². The van der Waals surface area contributed by atoms with Gasteiger partial charge in [-0.25, -0.2) is 0 Å². The number of hydrogen-bond donors (Lipinski definition) is 0. The van der Waals surface area contributed by atoms with Gasteiger partial charge in [0.05, 0.1) is 0 Å². The minimum atomic E-state index is 0.742. The summed E-state index contributed by atoms with van der Waals surface area (Å²) in [6.07, 6.45) is 2.42. The first-order chi connectivity index (χ1) is 7.41. The van der Waals surface area contributed by atoms with Gasteiger partial charge in [0.2, 0.25) is 0 Å². The Kier molecular flexibility index (Phi) is 4.58. The number of hydrogen-bond acceptors (Lipinski definition) is 0. The van der Waals surface area contributed by atoms with E-state index in [4.69, 9.17) is 0 Å². The van der Waals surface area contributed by atoms with Crippen LogP contribution in [0.3, 0.4) is 0 Å². The standard InChI is InChI=1S/C16H26/c1-11(2)9-15-8-7-13(5)16(14(15)6)10-12(3)4/h7-8,11-12H,9-10H2,1-6H3. The van der Waals surface area contributed by atoms with E-state index < -0.39 is 0 Å². The van der Waals surface area contributed by atoms with Crippen LogP contribution in [0.4, 0.5) is 0 Å². The average molecular weight is 218 g/mol. The summed E-state index contributed by atoms with van der Waals surface area (Å²) >= 11 is 0. The van der Waals surface area contributed by atoms with E-state index in [1.807, 2.05) is 0 Å². The van der Waals surface area contributed by atoms with Crippen molar-refractivity contribution in [3.8, 4) is 0 Å². The van der Waals surface area contributed by atoms with Gasteiger partial charge in [0.25, 0.3) is 0 Å². The molecule has 0 saturated carbocycles. The molecular formula is C16H26. The summed E-state index contributed by atoms with van der Waals surface area (Å²) in [6, 6.07) is 4.61. The van der Waals surface area contributed by atoms with Crippen LogP contribution in [0.1, 0.15) is 49.9 Å². The van der Waals surface area contributed by atoms with Crippen molar-refractivity contribution in [2.45, 2.75) is 54.4 Å². The van der Waals surface area contributed by atoms with E-state index >= 15 is 0 Å². The van der Waals surface area contributed by atoms with Gasteiger partial charge in [-0.1, -0.05) is 39.8 Å². The maximum absolute atomic E-state index is 2.31. The Morgan fingerprint density at radius 2 is 1.44 bits per heavy atom. The fraction of sp³-hybridized carbons (Fsp3) is 0.625. The highest BCUT2D eigenvalue weighted by molar-refractivity contribution is 5.40. The number of benzene rings is 1. The van der Waals surface area contributed by atoms with Crippen LogP contribution in [0.5, 0.6) is 0 Å². The molecule has 0 fully saturated rings. The first kappa shape index (κ1) is 13.3. The summed E-state index contributed by atoms with van der Waals surface area (Å²) in [5.74, 6) is 1.49. The normalized spacial score (nSPS) is 11.5. The Bertz CT molecular complexity index is 345. The van der Waals surface area contributed by atoms with Crippen molar-refractivity contribution in [3.63, 3.8) is 0 Å². The zero-order chi connectivity index (χ0) is 12.3. The molecular weight excluding hydrogens is 192 g/mol. The van der Waals surface area contributed by atoms with E-state index in [2.05, 4.69) is 53.7 Å². The van der Waals surface area contributed by atoms with Crippen molar-refractivity contribution in [2.75, 3.05) is 0 Å². The molecule has 0 atom stereocenters. The van der Waals surface area contributed by atoms with Crippen molar-refractivity contribution < 1.29 is 0 Å². The van der Waals surface area contributed by atoms with Crippen LogP contribution in [0.15, 0.2) is 12.1 Å². The molecule has 0 aliphatic carbocycles. The zero-order valence-corrected chi connectivity index (χ0v) is 11.7. The minimum absolute atomic E-state index is 0.742. The highest BCUT2D eigenvalue weighted by Gasteiger charge is 2.09. The van der Waals surface area contributed by atoms with Gasteiger partial charge in [-0.15, -0.1) is 0 Å². The molecule has 0 spiro atoms. The van der Waals surface area contributed by atoms with E-state index in [1.54, 1.807) is 5.56 Å². The van der Waals surface area contributed by atoms with Crippen LogP contribution in [0.25, 0.3) is 0 Å². The Labute approximate surface area is 101 Å². The van der Waals surface area contributed by atoms with Gasteiger partial charge in [-0.2, -0.15) is 0 Å². The van der Waals surface area contributed by atoms with Gasteiger partial charge in [-0.3, -0.25) is 0 Å². The van der Waals surface area contributed by atoms with Crippen LogP contribution in [-0.2, 0) is 12.8 Å². The molecule has 0 unspecified atom stereocenters. The molecule has 0 aromatic heterocycles. The van der Waals surface area contributed by atoms with Gasteiger partial charge >= 0.3 is 0 Å². The Morgan fingerprint density at radius 1 is 0.875 bits per heavy atom. The number of aryl methyl sites for hydroxylation is 1. The van der Waals surface area contributed by atoms with Crippen molar-refractivity contribution >= 4 is 0 Å². The predicted molar refractivity (Wildman–Crippen MR) is 73.0 cm³/mol. The van der Waals surface area contributed by atoms with Crippen LogP contribution in [-0.4, -0.2) is 0 Å². The third-order valence-electron chi connectivity index (χ3n) is 3.19. The second kappa shape index (κ2) is 5.52. The van der Waals surface area contributed by atoms with Crippen molar-refractivity contribution in [3.05, 3.63) is 34.4 Å². The first-order valence-electron chi connectivity index (χ1n) is 6.49. The highest BCUT2D eigenvalue weighted by atomic mass is 14.1. The third kappa shape index (κ3) is 3.37. The van der Waals surface area contributed by atoms with E-state index in [1.165, 1.54) is 29.5 Å². The van der Waals surface area contributed by atoms with Gasteiger partial charge < -0.3 is 0 Å². The molecule has 90 valence electrons. The van der Waals surface area contributed by atoms with Crippen molar-refractivity contribution in [1.29, 1.82) is 0 Å². The third-order valence-corrected chi connectivity index (χ3v) is 3.19. The fourth-order valence-electron chi connectivity index (χ4n) is 2.32. The molecule has 0 amide bonds. The molecule has 0 radical (unpaired) electrons. The highest BCUT2D eigenvalue weighted by Crippen LogP contribution is 2.23.